The predicted molar refractivity (Wildman–Crippen MR) is 53.8 cm³/mol. The topological polar surface area (TPSA) is 116 Å². The highest BCUT2D eigenvalue weighted by molar-refractivity contribution is 5.87. The van der Waals surface area contributed by atoms with Gasteiger partial charge < -0.3 is 25.4 Å². The van der Waals surface area contributed by atoms with Crippen molar-refractivity contribution in [1.82, 2.24) is 5.32 Å². The minimum atomic E-state index is -0.944. The summed E-state index contributed by atoms with van der Waals surface area (Å²) in [5.41, 5.74) is 0. The van der Waals surface area contributed by atoms with Crippen LogP contribution in [0, 0.1) is 0 Å². The van der Waals surface area contributed by atoms with Gasteiger partial charge in [0, 0.05) is 6.42 Å². The first-order valence-electron chi connectivity index (χ1n) is 4.93. The molecule has 0 radical (unpaired) electrons. The molecule has 1 aliphatic rings. The van der Waals surface area contributed by atoms with Crippen molar-refractivity contribution in [1.29, 1.82) is 0 Å². The number of nitrogens with one attached hydrogen (secondary N) is 1. The van der Waals surface area contributed by atoms with Crippen molar-refractivity contribution < 1.29 is 29.6 Å². The quantitative estimate of drug-likeness (QED) is 0.424. The van der Waals surface area contributed by atoms with Gasteiger partial charge in [-0.25, -0.2) is 4.79 Å². The van der Waals surface area contributed by atoms with Gasteiger partial charge in [0.15, 0.2) is 0 Å². The Labute approximate surface area is 93.0 Å². The average molecular weight is 235 g/mol. The van der Waals surface area contributed by atoms with Crippen molar-refractivity contribution in [2.45, 2.75) is 18.9 Å². The molecule has 4 N–H and O–H groups in total. The molecule has 1 heterocycles. The molecule has 7 nitrogen and oxygen atoms in total. The Bertz CT molecular complexity index is 216. The first kappa shape index (κ1) is 14.8. The third-order valence-electron chi connectivity index (χ3n) is 1.76. The van der Waals surface area contributed by atoms with E-state index in [1.807, 2.05) is 0 Å². The Hall–Kier alpha value is -1.18. The molecule has 0 aromatic carbocycles. The fourth-order valence-corrected chi connectivity index (χ4v) is 1.03. The van der Waals surface area contributed by atoms with Gasteiger partial charge in [0.25, 0.3) is 0 Å². The minimum Gasteiger partial charge on any atom is -0.480 e. The molecule has 0 aromatic rings. The first-order chi connectivity index (χ1) is 7.61. The van der Waals surface area contributed by atoms with Gasteiger partial charge in [0.2, 0.25) is 5.91 Å². The second-order valence-electron chi connectivity index (χ2n) is 3.06. The highest BCUT2D eigenvalue weighted by Crippen LogP contribution is 2.05. The molecule has 16 heavy (non-hydrogen) atoms. The molecule has 0 saturated carbocycles. The van der Waals surface area contributed by atoms with Gasteiger partial charge in [-0.2, -0.15) is 0 Å². The van der Waals surface area contributed by atoms with Crippen molar-refractivity contribution in [3.05, 3.63) is 0 Å². The second kappa shape index (κ2) is 9.08. The zero-order valence-corrected chi connectivity index (χ0v) is 8.89. The minimum absolute atomic E-state index is 0.0278. The maximum Gasteiger partial charge on any atom is 0.326 e. The number of carbonyl (C=O) groups excluding carboxylic acids is 1. The van der Waals surface area contributed by atoms with E-state index < -0.39 is 12.0 Å². The van der Waals surface area contributed by atoms with Crippen LogP contribution < -0.4 is 5.32 Å². The van der Waals surface area contributed by atoms with E-state index in [2.05, 4.69) is 10.1 Å². The molecular formula is C9H17NO6. The van der Waals surface area contributed by atoms with Crippen LogP contribution in [0.5, 0.6) is 0 Å². The average Bonchev–Trinajstić information content (AvgIpc) is 2.67. The number of amides is 1. The zero-order chi connectivity index (χ0) is 12.4. The van der Waals surface area contributed by atoms with Crippen LogP contribution in [0.3, 0.4) is 0 Å². The van der Waals surface area contributed by atoms with Crippen molar-refractivity contribution in [2.24, 2.45) is 0 Å². The molecule has 0 spiro atoms. The van der Waals surface area contributed by atoms with Crippen LogP contribution in [-0.4, -0.2) is 59.7 Å². The Morgan fingerprint density at radius 3 is 2.19 bits per heavy atom. The van der Waals surface area contributed by atoms with Gasteiger partial charge >= 0.3 is 5.97 Å². The summed E-state index contributed by atoms with van der Waals surface area (Å²) in [6.45, 7) is 0.696. The van der Waals surface area contributed by atoms with E-state index in [0.717, 1.165) is 0 Å². The lowest BCUT2D eigenvalue weighted by molar-refractivity contribution is -0.140. The molecule has 1 unspecified atom stereocenters. The molecule has 1 fully saturated rings. The van der Waals surface area contributed by atoms with Crippen molar-refractivity contribution in [3.8, 4) is 0 Å². The van der Waals surface area contributed by atoms with Gasteiger partial charge in [-0.1, -0.05) is 0 Å². The van der Waals surface area contributed by atoms with Gasteiger partial charge in [-0.3, -0.25) is 4.79 Å². The zero-order valence-electron chi connectivity index (χ0n) is 8.89. The summed E-state index contributed by atoms with van der Waals surface area (Å²) in [4.78, 5) is 20.5. The number of rotatable bonds is 5. The lowest BCUT2D eigenvalue weighted by atomic mass is 10.2. The summed E-state index contributed by atoms with van der Waals surface area (Å²) in [6.07, 6.45) is 0.769. The molecule has 0 aromatic heterocycles. The summed E-state index contributed by atoms with van der Waals surface area (Å²) >= 11 is 0. The third kappa shape index (κ3) is 7.16. The lowest BCUT2D eigenvalue weighted by Gasteiger charge is -1.99. The maximum absolute atomic E-state index is 10.4. The van der Waals surface area contributed by atoms with Crippen LogP contribution in [0.2, 0.25) is 0 Å². The highest BCUT2D eigenvalue weighted by Gasteiger charge is 2.26. The third-order valence-corrected chi connectivity index (χ3v) is 1.76. The highest BCUT2D eigenvalue weighted by atomic mass is 16.5. The molecular weight excluding hydrogens is 218 g/mol. The van der Waals surface area contributed by atoms with Crippen LogP contribution in [-0.2, 0) is 14.3 Å². The first-order valence-corrected chi connectivity index (χ1v) is 4.93. The molecule has 1 rings (SSSR count). The number of carbonyl (C=O) groups is 2. The van der Waals surface area contributed by atoms with E-state index in [4.69, 9.17) is 15.3 Å². The Morgan fingerprint density at radius 1 is 1.38 bits per heavy atom. The summed E-state index contributed by atoms with van der Waals surface area (Å²) < 4.78 is 4.63. The maximum atomic E-state index is 10.4. The van der Waals surface area contributed by atoms with E-state index in [1.54, 1.807) is 0 Å². The number of aliphatic hydroxyl groups excluding tert-OH is 2. The normalized spacial score (nSPS) is 18.6. The van der Waals surface area contributed by atoms with Crippen molar-refractivity contribution >= 4 is 11.9 Å². The molecule has 1 saturated heterocycles. The fourth-order valence-electron chi connectivity index (χ4n) is 1.03. The van der Waals surface area contributed by atoms with E-state index in [0.29, 0.717) is 26.1 Å². The van der Waals surface area contributed by atoms with E-state index in [1.165, 1.54) is 0 Å². The summed E-state index contributed by atoms with van der Waals surface area (Å²) in [7, 11) is 0. The molecule has 0 aliphatic carbocycles. The fraction of sp³-hybridized carbons (Fsp3) is 0.778. The SMILES string of the molecule is O=C1CCC(C(=O)O)N1.OCCOCCO. The lowest BCUT2D eigenvalue weighted by Crippen LogP contribution is -2.32. The van der Waals surface area contributed by atoms with Crippen molar-refractivity contribution in [2.75, 3.05) is 26.4 Å². The number of hydrogen-bond acceptors (Lipinski definition) is 5. The number of ether oxygens (including phenoxy) is 1. The smallest absolute Gasteiger partial charge is 0.326 e. The van der Waals surface area contributed by atoms with E-state index in [-0.39, 0.29) is 19.1 Å². The van der Waals surface area contributed by atoms with Crippen molar-refractivity contribution in [3.63, 3.8) is 0 Å². The largest absolute Gasteiger partial charge is 0.480 e. The Balaban J connectivity index is 0.000000293. The van der Waals surface area contributed by atoms with E-state index in [9.17, 15) is 9.59 Å². The summed E-state index contributed by atoms with van der Waals surface area (Å²) in [5.74, 6) is -1.11. The van der Waals surface area contributed by atoms with Crippen LogP contribution in [0.15, 0.2) is 0 Å². The van der Waals surface area contributed by atoms with Crippen LogP contribution in [0.4, 0.5) is 0 Å². The van der Waals surface area contributed by atoms with Crippen LogP contribution in [0.25, 0.3) is 0 Å². The summed E-state index contributed by atoms with van der Waals surface area (Å²) in [6, 6.07) is -0.641. The number of carboxylic acid groups (broad SMARTS) is 1. The number of hydrogen-bond donors (Lipinski definition) is 4. The van der Waals surface area contributed by atoms with Crippen LogP contribution in [0.1, 0.15) is 12.8 Å². The van der Waals surface area contributed by atoms with Gasteiger partial charge in [0.1, 0.15) is 6.04 Å². The van der Waals surface area contributed by atoms with Crippen LogP contribution >= 0.6 is 0 Å². The predicted octanol–water partition coefficient (Wildman–Crippen LogP) is -1.66. The molecule has 1 atom stereocenters. The standard InChI is InChI=1S/C5H7NO3.C4H10O3/c7-4-2-1-3(6-4)5(8)9;5-1-3-7-4-2-6/h3H,1-2H2,(H,6,7)(H,8,9);5-6H,1-4H2. The molecule has 1 aliphatic heterocycles. The Morgan fingerprint density at radius 2 is 1.94 bits per heavy atom. The number of carboxylic acids is 1. The van der Waals surface area contributed by atoms with Gasteiger partial charge in [-0.15, -0.1) is 0 Å². The molecule has 94 valence electrons. The Kier molecular flexibility index (Phi) is 8.41. The molecule has 0 bridgehead atoms. The van der Waals surface area contributed by atoms with Gasteiger partial charge in [-0.05, 0) is 6.42 Å². The van der Waals surface area contributed by atoms with Gasteiger partial charge in [0.05, 0.1) is 26.4 Å². The molecule has 1 amide bonds. The summed E-state index contributed by atoms with van der Waals surface area (Å²) in [5, 5.41) is 26.8. The van der Waals surface area contributed by atoms with E-state index >= 15 is 0 Å². The number of aliphatic hydroxyl groups is 2. The number of aliphatic carboxylic acids is 1. The molecule has 7 heteroatoms. The second-order valence-corrected chi connectivity index (χ2v) is 3.06. The monoisotopic (exact) mass is 235 g/mol.